The van der Waals surface area contributed by atoms with Gasteiger partial charge in [0.1, 0.15) is 11.5 Å². The summed E-state index contributed by atoms with van der Waals surface area (Å²) in [7, 11) is 0. The van der Waals surface area contributed by atoms with Gasteiger partial charge in [0.05, 0.1) is 10.6 Å². The summed E-state index contributed by atoms with van der Waals surface area (Å²) in [6.07, 6.45) is -2.09. The van der Waals surface area contributed by atoms with Crippen molar-refractivity contribution in [2.45, 2.75) is 25.3 Å². The SMILES string of the molecule is CC1(N)NC=C(F)C=C1c1ccc(CNC(=O)Nc2ccc(Cl)c(C(F)(F)F)c2)cc1. The molecule has 1 aliphatic heterocycles. The Morgan fingerprint density at radius 1 is 1.19 bits per heavy atom. The maximum atomic E-state index is 13.6. The van der Waals surface area contributed by atoms with Crippen molar-refractivity contribution < 1.29 is 22.4 Å². The second-order valence-corrected chi connectivity index (χ2v) is 7.54. The monoisotopic (exact) mass is 454 g/mol. The summed E-state index contributed by atoms with van der Waals surface area (Å²) in [5, 5.41) is 7.22. The van der Waals surface area contributed by atoms with Crippen LogP contribution < -0.4 is 21.7 Å². The van der Waals surface area contributed by atoms with Gasteiger partial charge in [-0.15, -0.1) is 0 Å². The summed E-state index contributed by atoms with van der Waals surface area (Å²) in [4.78, 5) is 12.0. The van der Waals surface area contributed by atoms with Crippen LogP contribution in [0, 0.1) is 0 Å². The van der Waals surface area contributed by atoms with Gasteiger partial charge in [-0.05, 0) is 42.3 Å². The number of hydrogen-bond donors (Lipinski definition) is 4. The number of dihydropyridines is 1. The van der Waals surface area contributed by atoms with Crippen molar-refractivity contribution in [2.24, 2.45) is 5.73 Å². The number of carbonyl (C=O) groups excluding carboxylic acids is 1. The van der Waals surface area contributed by atoms with Crippen LogP contribution in [-0.4, -0.2) is 11.7 Å². The Morgan fingerprint density at radius 2 is 1.87 bits per heavy atom. The normalized spacial score (nSPS) is 18.5. The minimum atomic E-state index is -4.63. The van der Waals surface area contributed by atoms with Crippen LogP contribution in [0.1, 0.15) is 23.6 Å². The Morgan fingerprint density at radius 3 is 2.52 bits per heavy atom. The van der Waals surface area contributed by atoms with Crippen molar-refractivity contribution in [1.29, 1.82) is 0 Å². The maximum absolute atomic E-state index is 13.6. The summed E-state index contributed by atoms with van der Waals surface area (Å²) in [6, 6.07) is 9.36. The number of benzene rings is 2. The first-order valence-corrected chi connectivity index (χ1v) is 9.49. The number of hydrogen-bond acceptors (Lipinski definition) is 3. The van der Waals surface area contributed by atoms with E-state index < -0.39 is 34.3 Å². The molecule has 5 N–H and O–H groups in total. The van der Waals surface area contributed by atoms with E-state index in [4.69, 9.17) is 17.3 Å². The highest BCUT2D eigenvalue weighted by Crippen LogP contribution is 2.36. The molecule has 0 aromatic heterocycles. The second-order valence-electron chi connectivity index (χ2n) is 7.13. The molecule has 1 unspecified atom stereocenters. The number of carbonyl (C=O) groups is 1. The number of rotatable bonds is 4. The van der Waals surface area contributed by atoms with Crippen LogP contribution in [0.2, 0.25) is 5.02 Å². The van der Waals surface area contributed by atoms with Crippen LogP contribution in [0.3, 0.4) is 0 Å². The van der Waals surface area contributed by atoms with E-state index in [1.807, 2.05) is 0 Å². The molecular formula is C21H19ClF4N4O. The number of alkyl halides is 3. The maximum Gasteiger partial charge on any atom is 0.417 e. The Hall–Kier alpha value is -3.04. The zero-order valence-electron chi connectivity index (χ0n) is 16.3. The van der Waals surface area contributed by atoms with Crippen LogP contribution >= 0.6 is 11.6 Å². The number of halogens is 5. The van der Waals surface area contributed by atoms with E-state index in [9.17, 15) is 22.4 Å². The van der Waals surface area contributed by atoms with Gasteiger partial charge in [-0.3, -0.25) is 0 Å². The molecule has 2 aromatic carbocycles. The molecule has 3 rings (SSSR count). The average Bonchev–Trinajstić information content (AvgIpc) is 2.69. The van der Waals surface area contributed by atoms with Gasteiger partial charge < -0.3 is 21.7 Å². The van der Waals surface area contributed by atoms with E-state index in [0.29, 0.717) is 11.1 Å². The van der Waals surface area contributed by atoms with Crippen LogP contribution in [0.15, 0.2) is 60.6 Å². The molecule has 5 nitrogen and oxygen atoms in total. The predicted molar refractivity (Wildman–Crippen MR) is 112 cm³/mol. The predicted octanol–water partition coefficient (Wildman–Crippen LogP) is 5.15. The first-order chi connectivity index (χ1) is 14.5. The van der Waals surface area contributed by atoms with Crippen molar-refractivity contribution in [3.05, 3.63) is 82.3 Å². The Balaban J connectivity index is 1.62. The van der Waals surface area contributed by atoms with Crippen molar-refractivity contribution in [2.75, 3.05) is 5.32 Å². The van der Waals surface area contributed by atoms with Crippen LogP contribution in [0.4, 0.5) is 28.0 Å². The smallest absolute Gasteiger partial charge is 0.367 e. The van der Waals surface area contributed by atoms with E-state index in [1.165, 1.54) is 18.3 Å². The van der Waals surface area contributed by atoms with E-state index >= 15 is 0 Å². The quantitative estimate of drug-likeness (QED) is 0.482. The highest BCUT2D eigenvalue weighted by atomic mass is 35.5. The molecule has 0 bridgehead atoms. The zero-order valence-corrected chi connectivity index (χ0v) is 17.0. The molecular weight excluding hydrogens is 436 g/mol. The summed E-state index contributed by atoms with van der Waals surface area (Å²) in [5.41, 5.74) is 6.11. The fraction of sp³-hybridized carbons (Fsp3) is 0.190. The highest BCUT2D eigenvalue weighted by Gasteiger charge is 2.33. The Labute approximate surface area is 181 Å². The van der Waals surface area contributed by atoms with Crippen LogP contribution in [0.5, 0.6) is 0 Å². The van der Waals surface area contributed by atoms with Crippen molar-refractivity contribution in [1.82, 2.24) is 10.6 Å². The van der Waals surface area contributed by atoms with Crippen LogP contribution in [-0.2, 0) is 12.7 Å². The van der Waals surface area contributed by atoms with Gasteiger partial charge in [0.25, 0.3) is 0 Å². The van der Waals surface area contributed by atoms with E-state index in [0.717, 1.165) is 17.7 Å². The van der Waals surface area contributed by atoms with Gasteiger partial charge in [-0.2, -0.15) is 13.2 Å². The molecule has 2 amide bonds. The summed E-state index contributed by atoms with van der Waals surface area (Å²) in [6.45, 7) is 1.83. The Bertz CT molecular complexity index is 1050. The number of amides is 2. The Kier molecular flexibility index (Phi) is 6.28. The third-order valence-electron chi connectivity index (χ3n) is 4.60. The van der Waals surface area contributed by atoms with Crippen molar-refractivity contribution in [3.8, 4) is 0 Å². The minimum absolute atomic E-state index is 0.0429. The lowest BCUT2D eigenvalue weighted by Gasteiger charge is -2.31. The second kappa shape index (κ2) is 8.60. The van der Waals surface area contributed by atoms with E-state index in [1.54, 1.807) is 31.2 Å². The first kappa shape index (κ1) is 22.6. The lowest BCUT2D eigenvalue weighted by Crippen LogP contribution is -2.50. The van der Waals surface area contributed by atoms with Gasteiger partial charge in [0.2, 0.25) is 0 Å². The highest BCUT2D eigenvalue weighted by molar-refractivity contribution is 6.31. The van der Waals surface area contributed by atoms with Gasteiger partial charge in [-0.25, -0.2) is 9.18 Å². The molecule has 0 aliphatic carbocycles. The van der Waals surface area contributed by atoms with Gasteiger partial charge >= 0.3 is 12.2 Å². The molecule has 1 aliphatic rings. The van der Waals surface area contributed by atoms with Crippen LogP contribution in [0.25, 0.3) is 5.57 Å². The van der Waals surface area contributed by atoms with E-state index in [2.05, 4.69) is 16.0 Å². The van der Waals surface area contributed by atoms with E-state index in [-0.39, 0.29) is 12.2 Å². The van der Waals surface area contributed by atoms with Gasteiger partial charge in [-0.1, -0.05) is 35.9 Å². The minimum Gasteiger partial charge on any atom is -0.367 e. The molecule has 10 heteroatoms. The summed E-state index contributed by atoms with van der Waals surface area (Å²) >= 11 is 5.57. The fourth-order valence-corrected chi connectivity index (χ4v) is 3.21. The molecule has 0 saturated carbocycles. The fourth-order valence-electron chi connectivity index (χ4n) is 2.99. The van der Waals surface area contributed by atoms with Gasteiger partial charge in [0.15, 0.2) is 0 Å². The number of nitrogens with one attached hydrogen (secondary N) is 3. The number of urea groups is 1. The zero-order chi connectivity index (χ0) is 22.8. The largest absolute Gasteiger partial charge is 0.417 e. The molecule has 1 heterocycles. The number of anilines is 1. The molecule has 0 fully saturated rings. The molecule has 164 valence electrons. The number of allylic oxidation sites excluding steroid dienone is 2. The molecule has 1 atom stereocenters. The van der Waals surface area contributed by atoms with Crippen molar-refractivity contribution >= 4 is 28.9 Å². The lowest BCUT2D eigenvalue weighted by atomic mass is 9.91. The summed E-state index contributed by atoms with van der Waals surface area (Å²) in [5.74, 6) is -0.448. The topological polar surface area (TPSA) is 79.2 Å². The first-order valence-electron chi connectivity index (χ1n) is 9.11. The third kappa shape index (κ3) is 5.56. The molecule has 2 aromatic rings. The molecule has 0 radical (unpaired) electrons. The van der Waals surface area contributed by atoms with Gasteiger partial charge in [0, 0.05) is 24.0 Å². The standard InChI is InChI=1S/C21H19ClF4N4O/c1-20(27)16(8-14(23)11-29-20)13-4-2-12(3-5-13)10-28-19(31)30-15-6-7-18(22)17(9-15)21(24,25)26/h2-9,11,29H,10,27H2,1H3,(H2,28,30,31). The van der Waals surface area contributed by atoms with Crippen molar-refractivity contribution in [3.63, 3.8) is 0 Å². The molecule has 0 saturated heterocycles. The lowest BCUT2D eigenvalue weighted by molar-refractivity contribution is -0.137. The molecule has 31 heavy (non-hydrogen) atoms. The average molecular weight is 455 g/mol. The third-order valence-corrected chi connectivity index (χ3v) is 4.93. The molecule has 0 spiro atoms. The summed E-state index contributed by atoms with van der Waals surface area (Å²) < 4.78 is 52.3. The number of nitrogens with two attached hydrogens (primary N) is 1.